The van der Waals surface area contributed by atoms with Crippen molar-refractivity contribution in [3.63, 3.8) is 0 Å². The van der Waals surface area contributed by atoms with Gasteiger partial charge in [-0.25, -0.2) is 4.79 Å². The number of rotatable bonds is 4. The van der Waals surface area contributed by atoms with E-state index in [1.807, 2.05) is 0 Å². The zero-order valence-corrected chi connectivity index (χ0v) is 10.6. The minimum atomic E-state index is -0.758. The molecule has 0 aliphatic carbocycles. The molecule has 2 heterocycles. The highest BCUT2D eigenvalue weighted by Crippen LogP contribution is 2.13. The average molecular weight is 282 g/mol. The van der Waals surface area contributed by atoms with E-state index in [2.05, 4.69) is 4.84 Å². The molecule has 0 radical (unpaired) electrons. The SMILES string of the molecule is O=C(CCN1C(=O)C=CC1=S)ON1C(=O)CCC1=O. The van der Waals surface area contributed by atoms with Crippen LogP contribution in [-0.2, 0) is 24.0 Å². The van der Waals surface area contributed by atoms with Gasteiger partial charge in [-0.15, -0.1) is 5.06 Å². The van der Waals surface area contributed by atoms with Crippen molar-refractivity contribution in [1.82, 2.24) is 9.96 Å². The number of nitrogens with zero attached hydrogens (tertiary/aromatic N) is 2. The third kappa shape index (κ3) is 2.84. The lowest BCUT2D eigenvalue weighted by atomic mass is 10.4. The summed E-state index contributed by atoms with van der Waals surface area (Å²) in [7, 11) is 0. The van der Waals surface area contributed by atoms with Crippen molar-refractivity contribution < 1.29 is 24.0 Å². The van der Waals surface area contributed by atoms with Gasteiger partial charge in [0.15, 0.2) is 0 Å². The summed E-state index contributed by atoms with van der Waals surface area (Å²) in [5.74, 6) is -2.13. The minimum absolute atomic E-state index is 0.0464. The number of imide groups is 1. The van der Waals surface area contributed by atoms with Gasteiger partial charge in [0.05, 0.1) is 6.42 Å². The molecule has 0 aromatic heterocycles. The van der Waals surface area contributed by atoms with Gasteiger partial charge in [-0.2, -0.15) is 0 Å². The molecule has 0 saturated carbocycles. The standard InChI is InChI=1S/C11H10N2O5S/c14-7-3-4-10(19)12(7)6-5-11(17)18-13-8(15)1-2-9(13)16/h3-4H,1-2,5-6H2. The number of hydrogen-bond donors (Lipinski definition) is 0. The van der Waals surface area contributed by atoms with Crippen molar-refractivity contribution >= 4 is 40.9 Å². The fourth-order valence-corrected chi connectivity index (χ4v) is 1.91. The third-order valence-electron chi connectivity index (χ3n) is 2.64. The van der Waals surface area contributed by atoms with Crippen molar-refractivity contribution in [3.05, 3.63) is 12.2 Å². The van der Waals surface area contributed by atoms with E-state index in [-0.39, 0.29) is 31.7 Å². The molecular weight excluding hydrogens is 272 g/mol. The number of thiocarbonyl (C=S) groups is 1. The maximum atomic E-state index is 11.5. The van der Waals surface area contributed by atoms with Crippen molar-refractivity contribution in [2.75, 3.05) is 6.54 Å². The van der Waals surface area contributed by atoms with Crippen LogP contribution in [-0.4, -0.2) is 45.2 Å². The molecule has 1 saturated heterocycles. The van der Waals surface area contributed by atoms with Gasteiger partial charge in [-0.1, -0.05) is 12.2 Å². The van der Waals surface area contributed by atoms with Crippen LogP contribution in [0.15, 0.2) is 12.2 Å². The zero-order valence-electron chi connectivity index (χ0n) is 9.83. The molecule has 0 atom stereocenters. The van der Waals surface area contributed by atoms with Crippen LogP contribution in [0.25, 0.3) is 0 Å². The Bertz CT molecular complexity index is 479. The molecule has 0 aromatic rings. The Morgan fingerprint density at radius 2 is 1.84 bits per heavy atom. The highest BCUT2D eigenvalue weighted by atomic mass is 32.1. The van der Waals surface area contributed by atoms with E-state index >= 15 is 0 Å². The molecule has 19 heavy (non-hydrogen) atoms. The summed E-state index contributed by atoms with van der Waals surface area (Å²) in [4.78, 5) is 51.5. The molecule has 0 N–H and O–H groups in total. The minimum Gasteiger partial charge on any atom is -0.330 e. The molecule has 0 bridgehead atoms. The first kappa shape index (κ1) is 13.3. The fraction of sp³-hybridized carbons (Fsp3) is 0.364. The zero-order chi connectivity index (χ0) is 14.0. The van der Waals surface area contributed by atoms with Gasteiger partial charge in [0, 0.05) is 25.5 Å². The van der Waals surface area contributed by atoms with Crippen LogP contribution in [0.4, 0.5) is 0 Å². The van der Waals surface area contributed by atoms with Crippen LogP contribution in [0.1, 0.15) is 19.3 Å². The van der Waals surface area contributed by atoms with Gasteiger partial charge >= 0.3 is 5.97 Å². The highest BCUT2D eigenvalue weighted by molar-refractivity contribution is 7.80. The first-order valence-electron chi connectivity index (χ1n) is 5.59. The number of hydrogen-bond acceptors (Lipinski definition) is 6. The lowest BCUT2D eigenvalue weighted by Crippen LogP contribution is -2.35. The monoisotopic (exact) mass is 282 g/mol. The van der Waals surface area contributed by atoms with Gasteiger partial charge in [0.1, 0.15) is 4.99 Å². The summed E-state index contributed by atoms with van der Waals surface area (Å²) in [6.07, 6.45) is 2.72. The number of carbonyl (C=O) groups is 4. The van der Waals surface area contributed by atoms with Crippen LogP contribution in [0.2, 0.25) is 0 Å². The van der Waals surface area contributed by atoms with E-state index in [1.54, 1.807) is 0 Å². The molecule has 100 valence electrons. The first-order valence-corrected chi connectivity index (χ1v) is 6.00. The second-order valence-corrected chi connectivity index (χ2v) is 4.37. The van der Waals surface area contributed by atoms with E-state index in [4.69, 9.17) is 12.2 Å². The molecule has 2 aliphatic rings. The van der Waals surface area contributed by atoms with E-state index < -0.39 is 17.8 Å². The topological polar surface area (TPSA) is 84.0 Å². The van der Waals surface area contributed by atoms with E-state index in [9.17, 15) is 19.2 Å². The smallest absolute Gasteiger partial charge is 0.330 e. The third-order valence-corrected chi connectivity index (χ3v) is 3.00. The van der Waals surface area contributed by atoms with Crippen LogP contribution in [0.3, 0.4) is 0 Å². The summed E-state index contributed by atoms with van der Waals surface area (Å²) in [6.45, 7) is 0.0553. The summed E-state index contributed by atoms with van der Waals surface area (Å²) < 4.78 is 0. The molecule has 1 fully saturated rings. The molecule has 2 rings (SSSR count). The molecule has 3 amide bonds. The molecular formula is C11H10N2O5S. The van der Waals surface area contributed by atoms with Gasteiger partial charge in [0.2, 0.25) is 0 Å². The molecule has 0 aromatic carbocycles. The average Bonchev–Trinajstić information content (AvgIpc) is 2.84. The summed E-state index contributed by atoms with van der Waals surface area (Å²) in [6, 6.07) is 0. The van der Waals surface area contributed by atoms with Gasteiger partial charge in [0.25, 0.3) is 17.7 Å². The Morgan fingerprint density at radius 1 is 1.21 bits per heavy atom. The Kier molecular flexibility index (Phi) is 3.70. The number of hydroxylamine groups is 2. The van der Waals surface area contributed by atoms with Crippen molar-refractivity contribution in [2.24, 2.45) is 0 Å². The van der Waals surface area contributed by atoms with Crippen LogP contribution in [0, 0.1) is 0 Å². The largest absolute Gasteiger partial charge is 0.335 e. The number of amides is 3. The maximum Gasteiger partial charge on any atom is 0.335 e. The van der Waals surface area contributed by atoms with E-state index in [1.165, 1.54) is 17.1 Å². The van der Waals surface area contributed by atoms with Crippen LogP contribution >= 0.6 is 12.2 Å². The molecule has 7 nitrogen and oxygen atoms in total. The maximum absolute atomic E-state index is 11.5. The Hall–Kier alpha value is -2.09. The summed E-state index contributed by atoms with van der Waals surface area (Å²) in [5, 5.41) is 0.477. The first-order chi connectivity index (χ1) is 8.99. The molecule has 0 spiro atoms. The quantitative estimate of drug-likeness (QED) is 0.520. The Morgan fingerprint density at radius 3 is 2.37 bits per heavy atom. The van der Waals surface area contributed by atoms with Gasteiger partial charge in [-0.3, -0.25) is 19.3 Å². The predicted molar refractivity (Wildman–Crippen MR) is 65.2 cm³/mol. The second-order valence-electron chi connectivity index (χ2n) is 3.96. The van der Waals surface area contributed by atoms with Crippen LogP contribution < -0.4 is 0 Å². The molecule has 2 aliphatic heterocycles. The van der Waals surface area contributed by atoms with E-state index in [0.29, 0.717) is 10.1 Å². The van der Waals surface area contributed by atoms with Crippen molar-refractivity contribution in [3.8, 4) is 0 Å². The lowest BCUT2D eigenvalue weighted by Gasteiger charge is -2.16. The normalized spacial score (nSPS) is 18.7. The summed E-state index contributed by atoms with van der Waals surface area (Å²) >= 11 is 4.90. The second kappa shape index (κ2) is 5.27. The van der Waals surface area contributed by atoms with Gasteiger partial charge in [-0.05, 0) is 6.08 Å². The predicted octanol–water partition coefficient (Wildman–Crippen LogP) is -0.291. The Balaban J connectivity index is 1.82. The molecule has 8 heteroatoms. The molecule has 0 unspecified atom stereocenters. The Labute approximate surface area is 113 Å². The van der Waals surface area contributed by atoms with Crippen LogP contribution in [0.5, 0.6) is 0 Å². The lowest BCUT2D eigenvalue weighted by molar-refractivity contribution is -0.197. The van der Waals surface area contributed by atoms with Crippen molar-refractivity contribution in [1.29, 1.82) is 0 Å². The highest BCUT2D eigenvalue weighted by Gasteiger charge is 2.33. The van der Waals surface area contributed by atoms with Gasteiger partial charge < -0.3 is 4.84 Å². The fourth-order valence-electron chi connectivity index (χ4n) is 1.66. The number of carbonyl (C=O) groups excluding carboxylic acids is 4. The summed E-state index contributed by atoms with van der Waals surface area (Å²) in [5.41, 5.74) is 0. The van der Waals surface area contributed by atoms with E-state index in [0.717, 1.165) is 0 Å². The van der Waals surface area contributed by atoms with Crippen molar-refractivity contribution in [2.45, 2.75) is 19.3 Å².